The van der Waals surface area contributed by atoms with E-state index in [0.29, 0.717) is 6.54 Å². The van der Waals surface area contributed by atoms with Gasteiger partial charge in [-0.25, -0.2) is 0 Å². The second kappa shape index (κ2) is 5.87. The lowest BCUT2D eigenvalue weighted by molar-refractivity contribution is 0.155. The summed E-state index contributed by atoms with van der Waals surface area (Å²) >= 11 is 0. The van der Waals surface area contributed by atoms with Crippen LogP contribution in [0.4, 0.5) is 0 Å². The lowest BCUT2D eigenvalue weighted by Gasteiger charge is -2.32. The van der Waals surface area contributed by atoms with Gasteiger partial charge in [0, 0.05) is 51.9 Å². The van der Waals surface area contributed by atoms with Crippen LogP contribution >= 0.6 is 0 Å². The number of nitrogens with zero attached hydrogens (tertiary/aromatic N) is 5. The summed E-state index contributed by atoms with van der Waals surface area (Å²) in [6, 6.07) is 3.99. The van der Waals surface area contributed by atoms with Crippen LogP contribution in [0, 0.1) is 0 Å². The van der Waals surface area contributed by atoms with E-state index in [2.05, 4.69) is 37.6 Å². The SMILES string of the molecule is CN1CCN(CCc2nnc3ccc(CN)cn23)CC1. The van der Waals surface area contributed by atoms with E-state index < -0.39 is 0 Å². The molecule has 0 aromatic carbocycles. The molecule has 6 nitrogen and oxygen atoms in total. The van der Waals surface area contributed by atoms with Gasteiger partial charge in [-0.1, -0.05) is 6.07 Å². The van der Waals surface area contributed by atoms with Crippen LogP contribution in [0.25, 0.3) is 5.65 Å². The molecule has 1 fully saturated rings. The molecule has 0 bridgehead atoms. The number of pyridine rings is 1. The average molecular weight is 274 g/mol. The van der Waals surface area contributed by atoms with Crippen LogP contribution in [-0.2, 0) is 13.0 Å². The maximum atomic E-state index is 5.70. The number of fused-ring (bicyclic) bond motifs is 1. The van der Waals surface area contributed by atoms with E-state index in [1.807, 2.05) is 12.1 Å². The zero-order chi connectivity index (χ0) is 13.9. The fourth-order valence-corrected chi connectivity index (χ4v) is 2.60. The molecule has 3 rings (SSSR count). The molecule has 1 aliphatic rings. The van der Waals surface area contributed by atoms with E-state index in [1.165, 1.54) is 0 Å². The van der Waals surface area contributed by atoms with E-state index >= 15 is 0 Å². The van der Waals surface area contributed by atoms with Gasteiger partial charge in [0.2, 0.25) is 0 Å². The fourth-order valence-electron chi connectivity index (χ4n) is 2.60. The van der Waals surface area contributed by atoms with Gasteiger partial charge in [0.1, 0.15) is 5.82 Å². The highest BCUT2D eigenvalue weighted by Gasteiger charge is 2.14. The first kappa shape index (κ1) is 13.5. The minimum Gasteiger partial charge on any atom is -0.326 e. The molecule has 2 aromatic heterocycles. The molecule has 20 heavy (non-hydrogen) atoms. The average Bonchev–Trinajstić information content (AvgIpc) is 2.89. The Morgan fingerprint density at radius 1 is 1.15 bits per heavy atom. The zero-order valence-electron chi connectivity index (χ0n) is 12.0. The molecule has 0 radical (unpaired) electrons. The van der Waals surface area contributed by atoms with E-state index in [4.69, 9.17) is 5.73 Å². The third-order valence-electron chi connectivity index (χ3n) is 4.02. The fraction of sp³-hybridized carbons (Fsp3) is 0.571. The van der Waals surface area contributed by atoms with Gasteiger partial charge in [-0.3, -0.25) is 4.40 Å². The monoisotopic (exact) mass is 274 g/mol. The van der Waals surface area contributed by atoms with Crippen molar-refractivity contribution in [1.82, 2.24) is 24.4 Å². The summed E-state index contributed by atoms with van der Waals surface area (Å²) < 4.78 is 2.07. The van der Waals surface area contributed by atoms with Gasteiger partial charge in [-0.05, 0) is 18.7 Å². The summed E-state index contributed by atoms with van der Waals surface area (Å²) in [6.07, 6.45) is 2.98. The van der Waals surface area contributed by atoms with Crippen molar-refractivity contribution in [3.05, 3.63) is 29.7 Å². The Morgan fingerprint density at radius 3 is 2.70 bits per heavy atom. The lowest BCUT2D eigenvalue weighted by Crippen LogP contribution is -2.45. The van der Waals surface area contributed by atoms with Gasteiger partial charge in [0.05, 0.1) is 0 Å². The number of nitrogens with two attached hydrogens (primary N) is 1. The number of likely N-dealkylation sites (N-methyl/N-ethyl adjacent to an activating group) is 1. The second-order valence-electron chi connectivity index (χ2n) is 5.48. The highest BCUT2D eigenvalue weighted by Crippen LogP contribution is 2.08. The van der Waals surface area contributed by atoms with E-state index in [-0.39, 0.29) is 0 Å². The highest BCUT2D eigenvalue weighted by molar-refractivity contribution is 5.39. The molecule has 0 spiro atoms. The summed E-state index contributed by atoms with van der Waals surface area (Å²) in [6.45, 7) is 6.17. The molecule has 0 aliphatic carbocycles. The van der Waals surface area contributed by atoms with Crippen LogP contribution in [0.3, 0.4) is 0 Å². The largest absolute Gasteiger partial charge is 0.326 e. The minimum atomic E-state index is 0.548. The summed E-state index contributed by atoms with van der Waals surface area (Å²) in [5.74, 6) is 1.02. The standard InChI is InChI=1S/C14H22N6/c1-18-6-8-19(9-7-18)5-4-14-17-16-13-3-2-12(10-15)11-20(13)14/h2-3,11H,4-10,15H2,1H3. The quantitative estimate of drug-likeness (QED) is 0.849. The molecule has 0 amide bonds. The molecule has 1 saturated heterocycles. The molecule has 0 unspecified atom stereocenters. The van der Waals surface area contributed by atoms with E-state index in [1.54, 1.807) is 0 Å². The van der Waals surface area contributed by atoms with Gasteiger partial charge in [0.15, 0.2) is 5.65 Å². The molecule has 108 valence electrons. The van der Waals surface area contributed by atoms with Gasteiger partial charge in [-0.2, -0.15) is 0 Å². The Balaban J connectivity index is 1.68. The number of hydrogen-bond acceptors (Lipinski definition) is 5. The lowest BCUT2D eigenvalue weighted by atomic mass is 10.2. The van der Waals surface area contributed by atoms with Crippen molar-refractivity contribution in [3.63, 3.8) is 0 Å². The Bertz CT molecular complexity index is 570. The first-order valence-corrected chi connectivity index (χ1v) is 7.20. The molecule has 0 atom stereocenters. The summed E-state index contributed by atoms with van der Waals surface area (Å²) in [7, 11) is 2.18. The van der Waals surface area contributed by atoms with E-state index in [0.717, 1.165) is 56.2 Å². The van der Waals surface area contributed by atoms with Crippen molar-refractivity contribution in [2.24, 2.45) is 5.73 Å². The van der Waals surface area contributed by atoms with Crippen molar-refractivity contribution in [2.45, 2.75) is 13.0 Å². The van der Waals surface area contributed by atoms with Gasteiger partial charge < -0.3 is 15.5 Å². The molecule has 2 aromatic rings. The first-order chi connectivity index (χ1) is 9.76. The first-order valence-electron chi connectivity index (χ1n) is 7.20. The minimum absolute atomic E-state index is 0.548. The normalized spacial score (nSPS) is 17.9. The smallest absolute Gasteiger partial charge is 0.160 e. The van der Waals surface area contributed by atoms with Gasteiger partial charge in [-0.15, -0.1) is 10.2 Å². The van der Waals surface area contributed by atoms with Crippen LogP contribution < -0.4 is 5.73 Å². The zero-order valence-corrected chi connectivity index (χ0v) is 12.0. The summed E-state index contributed by atoms with van der Waals surface area (Å²) in [5, 5.41) is 8.52. The third kappa shape index (κ3) is 2.82. The second-order valence-corrected chi connectivity index (χ2v) is 5.48. The highest BCUT2D eigenvalue weighted by atomic mass is 15.3. The molecule has 2 N–H and O–H groups in total. The molecule has 3 heterocycles. The molecule has 1 aliphatic heterocycles. The number of rotatable bonds is 4. The topological polar surface area (TPSA) is 62.7 Å². The Morgan fingerprint density at radius 2 is 1.95 bits per heavy atom. The van der Waals surface area contributed by atoms with Crippen molar-refractivity contribution in [2.75, 3.05) is 39.8 Å². The van der Waals surface area contributed by atoms with Crippen LogP contribution in [0.1, 0.15) is 11.4 Å². The molecular formula is C14H22N6. The number of aromatic nitrogens is 3. The predicted molar refractivity (Wildman–Crippen MR) is 78.5 cm³/mol. The Hall–Kier alpha value is -1.50. The van der Waals surface area contributed by atoms with Crippen LogP contribution in [-0.4, -0.2) is 64.2 Å². The molecule has 6 heteroatoms. The summed E-state index contributed by atoms with van der Waals surface area (Å²) in [5.41, 5.74) is 7.70. The summed E-state index contributed by atoms with van der Waals surface area (Å²) in [4.78, 5) is 4.87. The van der Waals surface area contributed by atoms with E-state index in [9.17, 15) is 0 Å². The Labute approximate surface area is 119 Å². The van der Waals surface area contributed by atoms with Crippen molar-refractivity contribution in [1.29, 1.82) is 0 Å². The maximum Gasteiger partial charge on any atom is 0.160 e. The van der Waals surface area contributed by atoms with Gasteiger partial charge in [0.25, 0.3) is 0 Å². The van der Waals surface area contributed by atoms with Crippen molar-refractivity contribution < 1.29 is 0 Å². The third-order valence-corrected chi connectivity index (χ3v) is 4.02. The maximum absolute atomic E-state index is 5.70. The van der Waals surface area contributed by atoms with Crippen LogP contribution in [0.2, 0.25) is 0 Å². The van der Waals surface area contributed by atoms with Gasteiger partial charge >= 0.3 is 0 Å². The predicted octanol–water partition coefficient (Wildman–Crippen LogP) is -0.0221. The number of piperazine rings is 1. The van der Waals surface area contributed by atoms with Crippen molar-refractivity contribution in [3.8, 4) is 0 Å². The van der Waals surface area contributed by atoms with Crippen LogP contribution in [0.15, 0.2) is 18.3 Å². The molecular weight excluding hydrogens is 252 g/mol. The van der Waals surface area contributed by atoms with Crippen molar-refractivity contribution >= 4 is 5.65 Å². The van der Waals surface area contributed by atoms with Crippen LogP contribution in [0.5, 0.6) is 0 Å². The molecule has 0 saturated carbocycles. The number of hydrogen-bond donors (Lipinski definition) is 1. The Kier molecular flexibility index (Phi) is 3.95.